The van der Waals surface area contributed by atoms with Crippen LogP contribution in [0.1, 0.15) is 12.5 Å². The Kier molecular flexibility index (Phi) is 5.62. The van der Waals surface area contributed by atoms with Crippen molar-refractivity contribution in [1.82, 2.24) is 9.88 Å². The second-order valence-corrected chi connectivity index (χ2v) is 7.86. The van der Waals surface area contributed by atoms with E-state index in [-0.39, 0.29) is 11.4 Å². The smallest absolute Gasteiger partial charge is 0.227 e. The predicted molar refractivity (Wildman–Crippen MR) is 110 cm³/mol. The standard InChI is InChI=1S/C21H21F2N3O2S/c1-2-28-16-5-3-14(4-6-16)11-19(27)25-7-9-26(10-8-25)21-24-20-17(23)12-15(22)13-18(20)29-21/h3-6,12-13H,2,7-11H2,1H3. The number of ether oxygens (including phenoxy) is 1. The van der Waals surface area contributed by atoms with Gasteiger partial charge in [0.2, 0.25) is 5.91 Å². The fourth-order valence-corrected chi connectivity index (χ4v) is 4.44. The van der Waals surface area contributed by atoms with Gasteiger partial charge in [-0.1, -0.05) is 23.5 Å². The van der Waals surface area contributed by atoms with Gasteiger partial charge in [0.25, 0.3) is 0 Å². The number of benzene rings is 2. The number of hydrogen-bond acceptors (Lipinski definition) is 5. The third-order valence-electron chi connectivity index (χ3n) is 4.89. The lowest BCUT2D eigenvalue weighted by atomic mass is 10.1. The number of rotatable bonds is 5. The summed E-state index contributed by atoms with van der Waals surface area (Å²) < 4.78 is 33.2. The summed E-state index contributed by atoms with van der Waals surface area (Å²) in [6.45, 7) is 4.90. The Bertz CT molecular complexity index is 1010. The van der Waals surface area contributed by atoms with Crippen LogP contribution in [-0.2, 0) is 11.2 Å². The molecule has 0 aliphatic carbocycles. The molecule has 0 atom stereocenters. The largest absolute Gasteiger partial charge is 0.494 e. The first-order valence-corrected chi connectivity index (χ1v) is 10.3. The van der Waals surface area contributed by atoms with Gasteiger partial charge in [0, 0.05) is 32.2 Å². The first-order chi connectivity index (χ1) is 14.0. The van der Waals surface area contributed by atoms with E-state index in [0.717, 1.165) is 17.4 Å². The Labute approximate surface area is 171 Å². The van der Waals surface area contributed by atoms with Crippen molar-refractivity contribution >= 4 is 32.6 Å². The molecule has 1 amide bonds. The normalized spacial score (nSPS) is 14.4. The van der Waals surface area contributed by atoms with Gasteiger partial charge in [0.05, 0.1) is 17.7 Å². The summed E-state index contributed by atoms with van der Waals surface area (Å²) in [5.41, 5.74) is 1.14. The highest BCUT2D eigenvalue weighted by atomic mass is 32.1. The molecule has 1 aliphatic heterocycles. The van der Waals surface area contributed by atoms with E-state index in [1.165, 1.54) is 17.4 Å². The Balaban J connectivity index is 1.36. The minimum atomic E-state index is -0.647. The molecule has 2 aromatic carbocycles. The number of halogens is 2. The first-order valence-electron chi connectivity index (χ1n) is 9.53. The summed E-state index contributed by atoms with van der Waals surface area (Å²) >= 11 is 1.27. The number of fused-ring (bicyclic) bond motifs is 1. The predicted octanol–water partition coefficient (Wildman–Crippen LogP) is 3.86. The van der Waals surface area contributed by atoms with Crippen LogP contribution in [0.4, 0.5) is 13.9 Å². The van der Waals surface area contributed by atoms with Crippen LogP contribution in [0.25, 0.3) is 10.2 Å². The fourth-order valence-electron chi connectivity index (χ4n) is 3.38. The Morgan fingerprint density at radius 2 is 1.86 bits per heavy atom. The second kappa shape index (κ2) is 8.32. The average molecular weight is 417 g/mol. The van der Waals surface area contributed by atoms with Crippen molar-refractivity contribution in [3.8, 4) is 5.75 Å². The van der Waals surface area contributed by atoms with Crippen LogP contribution in [0.15, 0.2) is 36.4 Å². The molecular formula is C21H21F2N3O2S. The van der Waals surface area contributed by atoms with Gasteiger partial charge in [-0.25, -0.2) is 13.8 Å². The van der Waals surface area contributed by atoms with Crippen molar-refractivity contribution in [2.75, 3.05) is 37.7 Å². The number of nitrogens with zero attached hydrogens (tertiary/aromatic N) is 3. The minimum absolute atomic E-state index is 0.0752. The van der Waals surface area contributed by atoms with Gasteiger partial charge in [0.15, 0.2) is 10.9 Å². The van der Waals surface area contributed by atoms with E-state index in [0.29, 0.717) is 49.0 Å². The number of aromatic nitrogens is 1. The number of carbonyl (C=O) groups is 1. The van der Waals surface area contributed by atoms with E-state index in [9.17, 15) is 13.6 Å². The van der Waals surface area contributed by atoms with Crippen LogP contribution in [0.5, 0.6) is 5.75 Å². The van der Waals surface area contributed by atoms with Gasteiger partial charge < -0.3 is 14.5 Å². The van der Waals surface area contributed by atoms with E-state index in [2.05, 4.69) is 4.98 Å². The van der Waals surface area contributed by atoms with Crippen LogP contribution in [0, 0.1) is 11.6 Å². The summed E-state index contributed by atoms with van der Waals surface area (Å²) in [6.07, 6.45) is 0.345. The summed E-state index contributed by atoms with van der Waals surface area (Å²) in [5, 5.41) is 0.656. The van der Waals surface area contributed by atoms with E-state index in [1.807, 2.05) is 41.0 Å². The molecule has 8 heteroatoms. The number of thiazole rings is 1. The molecule has 1 aromatic heterocycles. The highest BCUT2D eigenvalue weighted by Crippen LogP contribution is 2.31. The van der Waals surface area contributed by atoms with Crippen LogP contribution in [0.3, 0.4) is 0 Å². The van der Waals surface area contributed by atoms with Crippen molar-refractivity contribution < 1.29 is 18.3 Å². The van der Waals surface area contributed by atoms with Crippen molar-refractivity contribution in [1.29, 1.82) is 0 Å². The average Bonchev–Trinajstić information content (AvgIpc) is 3.14. The molecule has 2 heterocycles. The summed E-state index contributed by atoms with van der Waals surface area (Å²) in [5.74, 6) is -0.378. The van der Waals surface area contributed by atoms with Gasteiger partial charge in [-0.2, -0.15) is 0 Å². The van der Waals surface area contributed by atoms with Crippen LogP contribution >= 0.6 is 11.3 Å². The number of hydrogen-bond donors (Lipinski definition) is 0. The highest BCUT2D eigenvalue weighted by Gasteiger charge is 2.24. The van der Waals surface area contributed by atoms with Crippen LogP contribution in [-0.4, -0.2) is 48.6 Å². The monoisotopic (exact) mass is 417 g/mol. The maximum Gasteiger partial charge on any atom is 0.227 e. The second-order valence-electron chi connectivity index (χ2n) is 6.85. The molecule has 3 aromatic rings. The molecule has 1 saturated heterocycles. The Morgan fingerprint density at radius 3 is 2.55 bits per heavy atom. The van der Waals surface area contributed by atoms with Crippen LogP contribution in [0.2, 0.25) is 0 Å². The number of anilines is 1. The molecule has 5 nitrogen and oxygen atoms in total. The summed E-state index contributed by atoms with van der Waals surface area (Å²) in [4.78, 5) is 20.8. The Hall–Kier alpha value is -2.74. The lowest BCUT2D eigenvalue weighted by Gasteiger charge is -2.34. The number of piperazine rings is 1. The van der Waals surface area contributed by atoms with Crippen molar-refractivity contribution in [2.45, 2.75) is 13.3 Å². The number of carbonyl (C=O) groups excluding carboxylic acids is 1. The van der Waals surface area contributed by atoms with Gasteiger partial charge in [0.1, 0.15) is 17.1 Å². The van der Waals surface area contributed by atoms with E-state index in [4.69, 9.17) is 4.74 Å². The molecule has 0 N–H and O–H groups in total. The molecule has 0 unspecified atom stereocenters. The third kappa shape index (κ3) is 4.32. The minimum Gasteiger partial charge on any atom is -0.494 e. The lowest BCUT2D eigenvalue weighted by Crippen LogP contribution is -2.49. The zero-order chi connectivity index (χ0) is 20.4. The Morgan fingerprint density at radius 1 is 1.14 bits per heavy atom. The lowest BCUT2D eigenvalue weighted by molar-refractivity contribution is -0.130. The fraction of sp³-hybridized carbons (Fsp3) is 0.333. The van der Waals surface area contributed by atoms with Crippen molar-refractivity contribution in [2.24, 2.45) is 0 Å². The summed E-state index contributed by atoms with van der Waals surface area (Å²) in [6, 6.07) is 9.72. The molecule has 0 saturated carbocycles. The SMILES string of the molecule is CCOc1ccc(CC(=O)N2CCN(c3nc4c(F)cc(F)cc4s3)CC2)cc1. The molecule has 0 bridgehead atoms. The van der Waals surface area contributed by atoms with E-state index < -0.39 is 11.6 Å². The maximum absolute atomic E-state index is 13.9. The van der Waals surface area contributed by atoms with Gasteiger partial charge >= 0.3 is 0 Å². The van der Waals surface area contributed by atoms with Gasteiger partial charge in [-0.05, 0) is 30.7 Å². The van der Waals surface area contributed by atoms with Gasteiger partial charge in [-0.3, -0.25) is 4.79 Å². The zero-order valence-electron chi connectivity index (χ0n) is 16.0. The molecule has 4 rings (SSSR count). The van der Waals surface area contributed by atoms with Gasteiger partial charge in [-0.15, -0.1) is 0 Å². The molecule has 0 spiro atoms. The molecule has 1 aliphatic rings. The molecule has 29 heavy (non-hydrogen) atoms. The topological polar surface area (TPSA) is 45.7 Å². The molecule has 152 valence electrons. The maximum atomic E-state index is 13.9. The quantitative estimate of drug-likeness (QED) is 0.632. The number of amides is 1. The van der Waals surface area contributed by atoms with E-state index >= 15 is 0 Å². The molecular weight excluding hydrogens is 396 g/mol. The zero-order valence-corrected chi connectivity index (χ0v) is 16.8. The summed E-state index contributed by atoms with van der Waals surface area (Å²) in [7, 11) is 0. The van der Waals surface area contributed by atoms with Crippen LogP contribution < -0.4 is 9.64 Å². The third-order valence-corrected chi connectivity index (χ3v) is 5.96. The highest BCUT2D eigenvalue weighted by molar-refractivity contribution is 7.22. The first kappa shape index (κ1) is 19.6. The van der Waals surface area contributed by atoms with Crippen molar-refractivity contribution in [3.05, 3.63) is 53.6 Å². The molecule has 0 radical (unpaired) electrons. The van der Waals surface area contributed by atoms with E-state index in [1.54, 1.807) is 0 Å². The molecule has 1 fully saturated rings. The van der Waals surface area contributed by atoms with Crippen molar-refractivity contribution in [3.63, 3.8) is 0 Å².